The molecule has 0 fully saturated rings. The number of aromatic amines is 1. The molecule has 2 aromatic carbocycles. The van der Waals surface area contributed by atoms with Gasteiger partial charge in [-0.1, -0.05) is 29.8 Å². The standard InChI is InChI=1S/C26H22ClF3N2O3/c1-4-34-25(33)24-23(27)22-20(32-24)12-10-18(19-11-7-16(13-31-19)26(28,29)30)21(22)15-5-8-17(9-6-15)35-14(2)3/h5-14,32H,4H2,1-3H3. The average molecular weight is 503 g/mol. The number of pyridine rings is 1. The number of esters is 1. The van der Waals surface area contributed by atoms with Crippen LogP contribution in [0.3, 0.4) is 0 Å². The summed E-state index contributed by atoms with van der Waals surface area (Å²) in [6.45, 7) is 5.70. The molecule has 9 heteroatoms. The molecule has 5 nitrogen and oxygen atoms in total. The van der Waals surface area contributed by atoms with Crippen molar-refractivity contribution in [3.8, 4) is 28.1 Å². The maximum Gasteiger partial charge on any atom is 0.417 e. The first-order valence-corrected chi connectivity index (χ1v) is 11.3. The summed E-state index contributed by atoms with van der Waals surface area (Å²) in [5, 5.41) is 0.691. The number of ether oxygens (including phenoxy) is 2. The molecule has 0 amide bonds. The third-order valence-electron chi connectivity index (χ3n) is 5.27. The van der Waals surface area contributed by atoms with Gasteiger partial charge in [-0.05, 0) is 56.7 Å². The van der Waals surface area contributed by atoms with Gasteiger partial charge in [-0.25, -0.2) is 4.79 Å². The highest BCUT2D eigenvalue weighted by molar-refractivity contribution is 6.40. The van der Waals surface area contributed by atoms with Gasteiger partial charge in [0.2, 0.25) is 0 Å². The predicted molar refractivity (Wildman–Crippen MR) is 129 cm³/mol. The predicted octanol–water partition coefficient (Wildman–Crippen LogP) is 7.53. The largest absolute Gasteiger partial charge is 0.491 e. The number of fused-ring (bicyclic) bond motifs is 1. The van der Waals surface area contributed by atoms with Gasteiger partial charge in [-0.3, -0.25) is 4.98 Å². The SMILES string of the molecule is CCOC(=O)c1[nH]c2ccc(-c3ccc(C(F)(F)F)cn3)c(-c3ccc(OC(C)C)cc3)c2c1Cl. The van der Waals surface area contributed by atoms with Crippen molar-refractivity contribution in [3.05, 3.63) is 71.0 Å². The average Bonchev–Trinajstić information content (AvgIpc) is 3.15. The summed E-state index contributed by atoms with van der Waals surface area (Å²) >= 11 is 6.66. The second kappa shape index (κ2) is 9.62. The number of benzene rings is 2. The van der Waals surface area contributed by atoms with E-state index in [1.165, 1.54) is 6.07 Å². The van der Waals surface area contributed by atoms with Gasteiger partial charge in [0.05, 0.1) is 29.0 Å². The van der Waals surface area contributed by atoms with Gasteiger partial charge in [-0.2, -0.15) is 13.2 Å². The molecule has 0 atom stereocenters. The second-order valence-corrected chi connectivity index (χ2v) is 8.44. The molecular formula is C26H22ClF3N2O3. The van der Waals surface area contributed by atoms with Crippen LogP contribution in [0.4, 0.5) is 13.2 Å². The lowest BCUT2D eigenvalue weighted by Gasteiger charge is -2.14. The van der Waals surface area contributed by atoms with Crippen LogP contribution in [0.25, 0.3) is 33.3 Å². The minimum absolute atomic E-state index is 0.0116. The van der Waals surface area contributed by atoms with E-state index in [0.29, 0.717) is 33.5 Å². The molecule has 0 aliphatic carbocycles. The lowest BCUT2D eigenvalue weighted by atomic mass is 9.93. The van der Waals surface area contributed by atoms with Crippen LogP contribution in [0, 0.1) is 0 Å². The van der Waals surface area contributed by atoms with Crippen molar-refractivity contribution in [3.63, 3.8) is 0 Å². The van der Waals surface area contributed by atoms with Crippen LogP contribution < -0.4 is 4.74 Å². The monoisotopic (exact) mass is 502 g/mol. The van der Waals surface area contributed by atoms with Crippen molar-refractivity contribution < 1.29 is 27.4 Å². The Labute approximate surface area is 204 Å². The van der Waals surface area contributed by atoms with Crippen molar-refractivity contribution in [2.45, 2.75) is 33.1 Å². The zero-order valence-electron chi connectivity index (χ0n) is 19.2. The number of nitrogens with one attached hydrogen (secondary N) is 1. The van der Waals surface area contributed by atoms with Crippen LogP contribution >= 0.6 is 11.6 Å². The minimum atomic E-state index is -4.50. The number of nitrogens with zero attached hydrogens (tertiary/aromatic N) is 1. The number of alkyl halides is 3. The summed E-state index contributed by atoms with van der Waals surface area (Å²) in [6.07, 6.45) is -3.71. The van der Waals surface area contributed by atoms with Gasteiger partial charge in [0.15, 0.2) is 0 Å². The van der Waals surface area contributed by atoms with E-state index in [1.54, 1.807) is 31.2 Å². The zero-order valence-corrected chi connectivity index (χ0v) is 19.9. The summed E-state index contributed by atoms with van der Waals surface area (Å²) in [5.74, 6) is 0.0621. The number of hydrogen-bond donors (Lipinski definition) is 1. The van der Waals surface area contributed by atoms with Crippen LogP contribution in [-0.2, 0) is 10.9 Å². The van der Waals surface area contributed by atoms with Crippen LogP contribution in [0.5, 0.6) is 5.75 Å². The molecule has 0 spiro atoms. The van der Waals surface area contributed by atoms with Gasteiger partial charge < -0.3 is 14.5 Å². The number of carbonyl (C=O) groups is 1. The number of hydrogen-bond acceptors (Lipinski definition) is 4. The van der Waals surface area contributed by atoms with Crippen LogP contribution in [0.15, 0.2) is 54.7 Å². The Balaban J connectivity index is 1.94. The van der Waals surface area contributed by atoms with Crippen molar-refractivity contribution in [1.29, 1.82) is 0 Å². The minimum Gasteiger partial charge on any atom is -0.491 e. The van der Waals surface area contributed by atoms with E-state index in [0.717, 1.165) is 17.8 Å². The van der Waals surface area contributed by atoms with E-state index in [9.17, 15) is 18.0 Å². The Kier molecular flexibility index (Phi) is 6.76. The van der Waals surface area contributed by atoms with E-state index >= 15 is 0 Å². The molecule has 2 heterocycles. The number of carbonyl (C=O) groups excluding carboxylic acids is 1. The van der Waals surface area contributed by atoms with Gasteiger partial charge in [0, 0.05) is 28.2 Å². The van der Waals surface area contributed by atoms with Crippen molar-refractivity contribution in [1.82, 2.24) is 9.97 Å². The van der Waals surface area contributed by atoms with Gasteiger partial charge in [-0.15, -0.1) is 0 Å². The van der Waals surface area contributed by atoms with E-state index < -0.39 is 17.7 Å². The Morgan fingerprint density at radius 1 is 1.09 bits per heavy atom. The Morgan fingerprint density at radius 2 is 1.80 bits per heavy atom. The Morgan fingerprint density at radius 3 is 2.37 bits per heavy atom. The molecule has 0 unspecified atom stereocenters. The van der Waals surface area contributed by atoms with Crippen LogP contribution in [0.2, 0.25) is 5.02 Å². The molecule has 35 heavy (non-hydrogen) atoms. The zero-order chi connectivity index (χ0) is 25.3. The lowest BCUT2D eigenvalue weighted by Crippen LogP contribution is -2.05. The fourth-order valence-corrected chi connectivity index (χ4v) is 4.12. The first kappa shape index (κ1) is 24.6. The molecule has 0 saturated carbocycles. The molecule has 2 aromatic heterocycles. The molecule has 4 rings (SSSR count). The van der Waals surface area contributed by atoms with E-state index in [1.807, 2.05) is 26.0 Å². The molecular weight excluding hydrogens is 481 g/mol. The topological polar surface area (TPSA) is 64.2 Å². The summed E-state index contributed by atoms with van der Waals surface area (Å²) in [6, 6.07) is 13.0. The fourth-order valence-electron chi connectivity index (χ4n) is 3.80. The molecule has 0 bridgehead atoms. The van der Waals surface area contributed by atoms with Crippen molar-refractivity contribution in [2.24, 2.45) is 0 Å². The van der Waals surface area contributed by atoms with Gasteiger partial charge >= 0.3 is 12.1 Å². The summed E-state index contributed by atoms with van der Waals surface area (Å²) in [4.78, 5) is 19.5. The molecule has 0 radical (unpaired) electrons. The first-order valence-electron chi connectivity index (χ1n) is 10.9. The second-order valence-electron chi connectivity index (χ2n) is 8.07. The molecule has 182 valence electrons. The molecule has 0 aliphatic rings. The van der Waals surface area contributed by atoms with E-state index in [4.69, 9.17) is 21.1 Å². The first-order chi connectivity index (χ1) is 16.6. The Hall–Kier alpha value is -3.52. The third kappa shape index (κ3) is 4.98. The quantitative estimate of drug-likeness (QED) is 0.277. The van der Waals surface area contributed by atoms with Gasteiger partial charge in [0.1, 0.15) is 11.4 Å². The molecule has 0 saturated heterocycles. The highest BCUT2D eigenvalue weighted by Crippen LogP contribution is 2.43. The Bertz CT molecular complexity index is 1360. The fraction of sp³-hybridized carbons (Fsp3) is 0.231. The molecule has 0 aliphatic heterocycles. The van der Waals surface area contributed by atoms with Crippen LogP contribution in [0.1, 0.15) is 36.8 Å². The number of halogens is 4. The van der Waals surface area contributed by atoms with E-state index in [2.05, 4.69) is 9.97 Å². The summed E-state index contributed by atoms with van der Waals surface area (Å²) in [7, 11) is 0. The highest BCUT2D eigenvalue weighted by atomic mass is 35.5. The smallest absolute Gasteiger partial charge is 0.417 e. The maximum absolute atomic E-state index is 13.1. The maximum atomic E-state index is 13.1. The van der Waals surface area contributed by atoms with E-state index in [-0.39, 0.29) is 23.4 Å². The summed E-state index contributed by atoms with van der Waals surface area (Å²) < 4.78 is 50.1. The number of rotatable bonds is 6. The molecule has 4 aromatic rings. The number of aromatic nitrogens is 2. The number of H-pyrrole nitrogens is 1. The van der Waals surface area contributed by atoms with Gasteiger partial charge in [0.25, 0.3) is 0 Å². The lowest BCUT2D eigenvalue weighted by molar-refractivity contribution is -0.137. The highest BCUT2D eigenvalue weighted by Gasteiger charge is 2.31. The van der Waals surface area contributed by atoms with Crippen molar-refractivity contribution >= 4 is 28.5 Å². The summed E-state index contributed by atoms with van der Waals surface area (Å²) in [5.41, 5.74) is 2.05. The van der Waals surface area contributed by atoms with Crippen molar-refractivity contribution in [2.75, 3.05) is 6.61 Å². The third-order valence-corrected chi connectivity index (χ3v) is 5.64. The molecule has 1 N–H and O–H groups in total. The van der Waals surface area contributed by atoms with Crippen LogP contribution in [-0.4, -0.2) is 28.6 Å². The normalized spacial score (nSPS) is 11.8.